The lowest BCUT2D eigenvalue weighted by molar-refractivity contribution is 0.583. The van der Waals surface area contributed by atoms with E-state index in [0.717, 1.165) is 6.42 Å². The van der Waals surface area contributed by atoms with Crippen molar-refractivity contribution < 1.29 is 4.21 Å². The maximum Gasteiger partial charge on any atom is 0.469 e. The minimum Gasteiger partial charge on any atom is -0.0761 e. The molecule has 1 aliphatic rings. The van der Waals surface area contributed by atoms with Crippen molar-refractivity contribution in [2.45, 2.75) is 18.1 Å². The average Bonchev–Trinajstić information content (AvgIpc) is 1.61. The summed E-state index contributed by atoms with van der Waals surface area (Å²) in [6, 6.07) is 0. The Balaban J connectivity index is 2.64. The van der Waals surface area contributed by atoms with E-state index in [9.17, 15) is 4.21 Å². The van der Waals surface area contributed by atoms with E-state index in [-0.39, 0.29) is 4.75 Å². The minimum atomic E-state index is -0.0556. The Kier molecular flexibility index (Phi) is 0.961. The molecule has 1 unspecified atom stereocenters. The van der Waals surface area contributed by atoms with E-state index < -0.39 is 0 Å². The van der Waals surface area contributed by atoms with Crippen LogP contribution in [0.2, 0.25) is 0 Å². The summed E-state index contributed by atoms with van der Waals surface area (Å²) < 4.78 is 10.0. The molecule has 0 bridgehead atoms. The van der Waals surface area contributed by atoms with Gasteiger partial charge in [0.25, 0.3) is 4.75 Å². The van der Waals surface area contributed by atoms with Crippen LogP contribution in [0.25, 0.3) is 0 Å². The quantitative estimate of drug-likeness (QED) is 0.370. The van der Waals surface area contributed by atoms with E-state index >= 15 is 0 Å². The van der Waals surface area contributed by atoms with Crippen LogP contribution in [0.1, 0.15) is 13.3 Å². The summed E-state index contributed by atoms with van der Waals surface area (Å²) in [4.78, 5) is 0. The van der Waals surface area contributed by atoms with Crippen molar-refractivity contribution in [3.05, 3.63) is 12.2 Å². The topological polar surface area (TPSA) is 17.1 Å². The second-order valence-corrected chi connectivity index (χ2v) is 3.10. The van der Waals surface area contributed by atoms with E-state index in [1.165, 1.54) is 0 Å². The highest BCUT2D eigenvalue weighted by Gasteiger charge is 2.39. The van der Waals surface area contributed by atoms with Gasteiger partial charge in [-0.15, -0.1) is 0 Å². The first-order chi connectivity index (χ1) is 3.27. The van der Waals surface area contributed by atoms with Crippen molar-refractivity contribution in [2.75, 3.05) is 0 Å². The zero-order valence-electron chi connectivity index (χ0n) is 4.18. The predicted octanol–water partition coefficient (Wildman–Crippen LogP) is 1.13. The fourth-order valence-electron chi connectivity index (χ4n) is 0.512. The first kappa shape index (κ1) is 4.91. The first-order valence-corrected chi connectivity index (χ1v) is 3.00. The molecular weight excluding hydrogens is 108 g/mol. The van der Waals surface area contributed by atoms with Gasteiger partial charge in [0.05, 0.1) is 0 Å². The third kappa shape index (κ3) is 0.703. The van der Waals surface area contributed by atoms with Gasteiger partial charge in [-0.05, 0) is 6.08 Å². The maximum atomic E-state index is 10.1. The number of hydrogen-bond acceptors (Lipinski definition) is 1. The van der Waals surface area contributed by atoms with Gasteiger partial charge in [0.15, 0.2) is 0 Å². The van der Waals surface area contributed by atoms with Gasteiger partial charge in [-0.2, -0.15) is 0 Å². The van der Waals surface area contributed by atoms with Gasteiger partial charge in [0, 0.05) is 17.6 Å². The Morgan fingerprint density at radius 3 is 2.43 bits per heavy atom. The van der Waals surface area contributed by atoms with Gasteiger partial charge in [-0.3, -0.25) is 0 Å². The smallest absolute Gasteiger partial charge is 0.0761 e. The predicted molar refractivity (Wildman–Crippen MR) is 30.2 cm³/mol. The molecule has 1 atom stereocenters. The van der Waals surface area contributed by atoms with E-state index in [1.54, 1.807) is 0 Å². The summed E-state index contributed by atoms with van der Waals surface area (Å²) >= 11 is 0.677. The second-order valence-electron chi connectivity index (χ2n) is 2.00. The maximum absolute atomic E-state index is 10.1. The van der Waals surface area contributed by atoms with E-state index in [2.05, 4.69) is 0 Å². The lowest BCUT2D eigenvalue weighted by atomic mass is 9.97. The highest BCUT2D eigenvalue weighted by Crippen LogP contribution is 2.23. The molecule has 1 rings (SSSR count). The van der Waals surface area contributed by atoms with Gasteiger partial charge in [-0.1, -0.05) is 6.08 Å². The van der Waals surface area contributed by atoms with Crippen LogP contribution in [0.5, 0.6) is 0 Å². The van der Waals surface area contributed by atoms with Crippen LogP contribution in [0, 0.1) is 0 Å². The third-order valence-corrected chi connectivity index (χ3v) is 1.87. The molecule has 0 amide bonds. The van der Waals surface area contributed by atoms with Crippen molar-refractivity contribution in [3.8, 4) is 0 Å². The van der Waals surface area contributed by atoms with Gasteiger partial charge in [0.1, 0.15) is 0 Å². The standard InChI is InChI=1S/C5H7OS/c1-5(7-6)3-2-4-5/h2-3H,4H2,1H3/q+1. The lowest BCUT2D eigenvalue weighted by Crippen LogP contribution is -2.24. The molecule has 0 heterocycles. The van der Waals surface area contributed by atoms with Crippen molar-refractivity contribution in [1.29, 1.82) is 0 Å². The molecule has 0 aromatic carbocycles. The monoisotopic (exact) mass is 115 g/mol. The summed E-state index contributed by atoms with van der Waals surface area (Å²) in [5.74, 6) is 0. The molecule has 38 valence electrons. The summed E-state index contributed by atoms with van der Waals surface area (Å²) in [5.41, 5.74) is 0. The van der Waals surface area contributed by atoms with Crippen LogP contribution in [-0.2, 0) is 15.9 Å². The Bertz CT molecular complexity index is 119. The van der Waals surface area contributed by atoms with E-state index in [1.807, 2.05) is 19.1 Å². The normalized spacial score (nSPS) is 37.3. The van der Waals surface area contributed by atoms with Gasteiger partial charge in [0.2, 0.25) is 0 Å². The lowest BCUT2D eigenvalue weighted by Gasteiger charge is -2.09. The number of hydrogen-bond donors (Lipinski definition) is 0. The van der Waals surface area contributed by atoms with Crippen LogP contribution in [0.15, 0.2) is 12.2 Å². The molecule has 0 saturated carbocycles. The highest BCUT2D eigenvalue weighted by atomic mass is 32.1. The molecule has 0 aromatic heterocycles. The van der Waals surface area contributed by atoms with Crippen LogP contribution in [-0.4, -0.2) is 4.75 Å². The first-order valence-electron chi connectivity index (χ1n) is 2.25. The van der Waals surface area contributed by atoms with Crippen molar-refractivity contribution in [2.24, 2.45) is 0 Å². The molecule has 0 saturated heterocycles. The van der Waals surface area contributed by atoms with Crippen LogP contribution in [0.4, 0.5) is 0 Å². The molecule has 0 N–H and O–H groups in total. The molecule has 2 heteroatoms. The summed E-state index contributed by atoms with van der Waals surface area (Å²) in [6.45, 7) is 1.95. The molecule has 0 radical (unpaired) electrons. The minimum absolute atomic E-state index is 0.0556. The summed E-state index contributed by atoms with van der Waals surface area (Å²) in [6.07, 6.45) is 4.91. The third-order valence-electron chi connectivity index (χ3n) is 1.18. The Hall–Kier alpha value is -0.240. The molecule has 1 nitrogen and oxygen atoms in total. The fraction of sp³-hybridized carbons (Fsp3) is 0.600. The molecule has 0 fully saturated rings. The Labute approximate surface area is 46.9 Å². The molecule has 0 spiro atoms. The van der Waals surface area contributed by atoms with E-state index in [4.69, 9.17) is 0 Å². The molecule has 0 aromatic rings. The summed E-state index contributed by atoms with van der Waals surface area (Å²) in [7, 11) is 0. The van der Waals surface area contributed by atoms with Crippen molar-refractivity contribution >= 4 is 11.7 Å². The van der Waals surface area contributed by atoms with Crippen LogP contribution >= 0.6 is 0 Å². The molecule has 0 aliphatic heterocycles. The molecule has 1 aliphatic carbocycles. The van der Waals surface area contributed by atoms with Crippen molar-refractivity contribution in [1.82, 2.24) is 0 Å². The average molecular weight is 115 g/mol. The van der Waals surface area contributed by atoms with Gasteiger partial charge >= 0.3 is 11.7 Å². The largest absolute Gasteiger partial charge is 0.469 e. The SMILES string of the molecule is CC1([S+]=O)C=CC1. The van der Waals surface area contributed by atoms with Gasteiger partial charge in [-0.25, -0.2) is 0 Å². The zero-order valence-corrected chi connectivity index (χ0v) is 4.99. The fourth-order valence-corrected chi connectivity index (χ4v) is 0.828. The van der Waals surface area contributed by atoms with Crippen LogP contribution in [0.3, 0.4) is 0 Å². The molecule has 7 heavy (non-hydrogen) atoms. The molecular formula is C5H7OS+. The Morgan fingerprint density at radius 1 is 1.86 bits per heavy atom. The van der Waals surface area contributed by atoms with Crippen LogP contribution < -0.4 is 0 Å². The van der Waals surface area contributed by atoms with Crippen molar-refractivity contribution in [3.63, 3.8) is 0 Å². The Morgan fingerprint density at radius 2 is 2.43 bits per heavy atom. The highest BCUT2D eigenvalue weighted by molar-refractivity contribution is 7.67. The zero-order chi connectivity index (χ0) is 5.33. The number of allylic oxidation sites excluding steroid dienone is 1. The van der Waals surface area contributed by atoms with Gasteiger partial charge < -0.3 is 0 Å². The summed E-state index contributed by atoms with van der Waals surface area (Å²) in [5, 5.41) is 0. The second kappa shape index (κ2) is 1.37. The number of rotatable bonds is 1. The van der Waals surface area contributed by atoms with E-state index in [0.29, 0.717) is 11.7 Å².